The third-order valence-electron chi connectivity index (χ3n) is 2.98. The second-order valence-corrected chi connectivity index (χ2v) is 5.50. The van der Waals surface area contributed by atoms with Crippen molar-refractivity contribution in [1.29, 1.82) is 0 Å². The van der Waals surface area contributed by atoms with Gasteiger partial charge >= 0.3 is 5.97 Å². The lowest BCUT2D eigenvalue weighted by molar-refractivity contribution is -0.131. The number of aliphatic carboxylic acids is 1. The fourth-order valence-electron chi connectivity index (χ4n) is 2.05. The van der Waals surface area contributed by atoms with E-state index in [2.05, 4.69) is 5.32 Å². The fourth-order valence-corrected chi connectivity index (χ4v) is 2.05. The predicted molar refractivity (Wildman–Crippen MR) is 79.5 cm³/mol. The highest BCUT2D eigenvalue weighted by molar-refractivity contribution is 5.95. The summed E-state index contributed by atoms with van der Waals surface area (Å²) >= 11 is 0. The van der Waals surface area contributed by atoms with Gasteiger partial charge in [-0.2, -0.15) is 0 Å². The number of carbonyl (C=O) groups excluding carboxylic acids is 1. The Morgan fingerprint density at radius 1 is 1.38 bits per heavy atom. The number of hydrogen-bond acceptors (Lipinski definition) is 2. The van der Waals surface area contributed by atoms with Crippen LogP contribution in [-0.4, -0.2) is 22.5 Å². The van der Waals surface area contributed by atoms with Crippen molar-refractivity contribution in [3.63, 3.8) is 0 Å². The summed E-state index contributed by atoms with van der Waals surface area (Å²) < 4.78 is 13.9. The van der Waals surface area contributed by atoms with Crippen molar-refractivity contribution >= 4 is 18.0 Å². The van der Waals surface area contributed by atoms with Crippen LogP contribution < -0.4 is 5.32 Å². The van der Waals surface area contributed by atoms with Crippen LogP contribution in [0.1, 0.15) is 49.5 Å². The first-order valence-corrected chi connectivity index (χ1v) is 6.78. The maximum Gasteiger partial charge on any atom is 0.328 e. The van der Waals surface area contributed by atoms with E-state index in [0.717, 1.165) is 25.0 Å². The maximum atomic E-state index is 13.9. The number of hydrogen-bond donors (Lipinski definition) is 2. The first-order valence-electron chi connectivity index (χ1n) is 6.78. The number of amides is 1. The van der Waals surface area contributed by atoms with Gasteiger partial charge in [0.25, 0.3) is 5.91 Å². The van der Waals surface area contributed by atoms with Gasteiger partial charge in [-0.25, -0.2) is 9.18 Å². The summed E-state index contributed by atoms with van der Waals surface area (Å²) in [6, 6.07) is 4.00. The molecular weight excluding hydrogens is 273 g/mol. The second-order valence-electron chi connectivity index (χ2n) is 5.50. The fraction of sp³-hybridized carbons (Fsp3) is 0.375. The lowest BCUT2D eigenvalue weighted by Crippen LogP contribution is -2.43. The van der Waals surface area contributed by atoms with E-state index in [1.165, 1.54) is 18.2 Å². The van der Waals surface area contributed by atoms with Crippen LogP contribution in [0.25, 0.3) is 6.08 Å². The number of nitrogens with one attached hydrogen (secondary N) is 1. The molecule has 1 amide bonds. The van der Waals surface area contributed by atoms with E-state index in [9.17, 15) is 14.0 Å². The highest BCUT2D eigenvalue weighted by Gasteiger charge is 2.21. The number of rotatable bonds is 6. The van der Waals surface area contributed by atoms with Crippen molar-refractivity contribution in [1.82, 2.24) is 5.32 Å². The molecule has 0 saturated carbocycles. The van der Waals surface area contributed by atoms with Crippen molar-refractivity contribution in [2.45, 2.75) is 39.2 Å². The van der Waals surface area contributed by atoms with Gasteiger partial charge in [-0.15, -0.1) is 0 Å². The largest absolute Gasteiger partial charge is 0.478 e. The van der Waals surface area contributed by atoms with E-state index in [0.29, 0.717) is 5.56 Å². The Labute approximate surface area is 123 Å². The van der Waals surface area contributed by atoms with Gasteiger partial charge in [0.2, 0.25) is 0 Å². The smallest absolute Gasteiger partial charge is 0.328 e. The highest BCUT2D eigenvalue weighted by Crippen LogP contribution is 2.15. The molecule has 0 atom stereocenters. The average Bonchev–Trinajstić information content (AvgIpc) is 2.35. The summed E-state index contributed by atoms with van der Waals surface area (Å²) in [5, 5.41) is 11.3. The number of benzene rings is 1. The first-order chi connectivity index (χ1) is 9.75. The van der Waals surface area contributed by atoms with E-state index in [1.807, 2.05) is 20.8 Å². The summed E-state index contributed by atoms with van der Waals surface area (Å²) in [5.41, 5.74) is -0.0638. The van der Waals surface area contributed by atoms with Crippen molar-refractivity contribution in [3.05, 3.63) is 41.2 Å². The van der Waals surface area contributed by atoms with Gasteiger partial charge in [0.05, 0.1) is 5.56 Å². The number of carbonyl (C=O) groups is 2. The molecule has 2 N–H and O–H groups in total. The molecule has 5 heteroatoms. The van der Waals surface area contributed by atoms with Crippen molar-refractivity contribution < 1.29 is 19.1 Å². The molecule has 0 unspecified atom stereocenters. The van der Waals surface area contributed by atoms with Crippen LogP contribution in [0.15, 0.2) is 24.3 Å². The second kappa shape index (κ2) is 7.02. The van der Waals surface area contributed by atoms with Crippen molar-refractivity contribution in [2.75, 3.05) is 0 Å². The van der Waals surface area contributed by atoms with Crippen LogP contribution >= 0.6 is 0 Å². The van der Waals surface area contributed by atoms with E-state index in [1.54, 1.807) is 0 Å². The van der Waals surface area contributed by atoms with Crippen molar-refractivity contribution in [2.24, 2.45) is 0 Å². The standard InChI is InChI=1S/C16H20FNO3/c1-4-9-16(2,3)18-15(21)12-7-5-11(10-13(12)17)6-8-14(19)20/h5-8,10H,4,9H2,1-3H3,(H,18,21)(H,19,20)/b8-6+. The van der Waals surface area contributed by atoms with Crippen LogP contribution in [0.4, 0.5) is 4.39 Å². The number of carboxylic acids is 1. The van der Waals surface area contributed by atoms with Crippen LogP contribution in [0, 0.1) is 5.82 Å². The van der Waals surface area contributed by atoms with E-state index in [-0.39, 0.29) is 5.56 Å². The Kier molecular flexibility index (Phi) is 5.64. The maximum absolute atomic E-state index is 13.9. The molecule has 0 aliphatic heterocycles. The van der Waals surface area contributed by atoms with E-state index < -0.39 is 23.2 Å². The molecule has 0 bridgehead atoms. The molecule has 21 heavy (non-hydrogen) atoms. The van der Waals surface area contributed by atoms with Crippen LogP contribution in [0.5, 0.6) is 0 Å². The molecule has 0 saturated heterocycles. The minimum absolute atomic E-state index is 0.0494. The molecule has 4 nitrogen and oxygen atoms in total. The molecule has 0 fully saturated rings. The highest BCUT2D eigenvalue weighted by atomic mass is 19.1. The van der Waals surface area contributed by atoms with Gasteiger partial charge in [-0.1, -0.05) is 19.4 Å². The molecule has 0 radical (unpaired) electrons. The lowest BCUT2D eigenvalue weighted by Gasteiger charge is -2.25. The minimum atomic E-state index is -1.11. The molecular formula is C16H20FNO3. The summed E-state index contributed by atoms with van der Waals surface area (Å²) in [5.74, 6) is -2.26. The van der Waals surface area contributed by atoms with E-state index >= 15 is 0 Å². The summed E-state index contributed by atoms with van der Waals surface area (Å²) in [7, 11) is 0. The Bertz CT molecular complexity index is 565. The number of carboxylic acid groups (broad SMARTS) is 1. The minimum Gasteiger partial charge on any atom is -0.478 e. The van der Waals surface area contributed by atoms with Gasteiger partial charge in [-0.3, -0.25) is 4.79 Å². The Balaban J connectivity index is 2.89. The molecule has 114 valence electrons. The molecule has 0 spiro atoms. The molecule has 0 aliphatic carbocycles. The van der Waals surface area contributed by atoms with E-state index in [4.69, 9.17) is 5.11 Å². The van der Waals surface area contributed by atoms with Crippen LogP contribution in [0.3, 0.4) is 0 Å². The third kappa shape index (κ3) is 5.38. The summed E-state index contributed by atoms with van der Waals surface area (Å²) in [6.45, 7) is 5.78. The summed E-state index contributed by atoms with van der Waals surface area (Å²) in [6.07, 6.45) is 3.89. The SMILES string of the molecule is CCCC(C)(C)NC(=O)c1ccc(/C=C/C(=O)O)cc1F. The zero-order valence-electron chi connectivity index (χ0n) is 12.4. The van der Waals surface area contributed by atoms with Crippen LogP contribution in [-0.2, 0) is 4.79 Å². The van der Waals surface area contributed by atoms with Gasteiger partial charge < -0.3 is 10.4 Å². The normalized spacial score (nSPS) is 11.6. The lowest BCUT2D eigenvalue weighted by atomic mass is 9.98. The molecule has 1 aromatic rings. The van der Waals surface area contributed by atoms with Crippen LogP contribution in [0.2, 0.25) is 0 Å². The average molecular weight is 293 g/mol. The van der Waals surface area contributed by atoms with Gasteiger partial charge in [-0.05, 0) is 44.0 Å². The van der Waals surface area contributed by atoms with Crippen molar-refractivity contribution in [3.8, 4) is 0 Å². The zero-order chi connectivity index (χ0) is 16.0. The van der Waals surface area contributed by atoms with Gasteiger partial charge in [0.15, 0.2) is 0 Å². The topological polar surface area (TPSA) is 66.4 Å². The monoisotopic (exact) mass is 293 g/mol. The van der Waals surface area contributed by atoms with Gasteiger partial charge in [0, 0.05) is 11.6 Å². The summed E-state index contributed by atoms with van der Waals surface area (Å²) in [4.78, 5) is 22.5. The molecule has 0 aliphatic rings. The Morgan fingerprint density at radius 3 is 2.57 bits per heavy atom. The van der Waals surface area contributed by atoms with Gasteiger partial charge in [0.1, 0.15) is 5.82 Å². The number of halogens is 1. The molecule has 0 aromatic heterocycles. The predicted octanol–water partition coefficient (Wildman–Crippen LogP) is 3.23. The zero-order valence-corrected chi connectivity index (χ0v) is 12.4. The molecule has 1 rings (SSSR count). The Morgan fingerprint density at radius 2 is 2.05 bits per heavy atom. The Hall–Kier alpha value is -2.17. The molecule has 1 aromatic carbocycles. The third-order valence-corrected chi connectivity index (χ3v) is 2.98. The molecule has 0 heterocycles. The first kappa shape index (κ1) is 16.9. The quantitative estimate of drug-likeness (QED) is 0.791.